The van der Waals surface area contributed by atoms with Gasteiger partial charge in [0, 0.05) is 6.61 Å². The first-order valence-electron chi connectivity index (χ1n) is 5.96. The third kappa shape index (κ3) is 3.77. The van der Waals surface area contributed by atoms with Gasteiger partial charge in [0.05, 0.1) is 25.4 Å². The fourth-order valence-electron chi connectivity index (χ4n) is 1.91. The number of nitrogens with two attached hydrogens (primary N) is 1. The fraction of sp³-hybridized carbons (Fsp3) is 0.538. The Kier molecular flexibility index (Phi) is 4.48. The van der Waals surface area contributed by atoms with Gasteiger partial charge in [0.1, 0.15) is 5.82 Å². The molecular formula is C13H18FNO2. The third-order valence-electron chi connectivity index (χ3n) is 2.92. The van der Waals surface area contributed by atoms with Crippen molar-refractivity contribution in [1.82, 2.24) is 0 Å². The summed E-state index contributed by atoms with van der Waals surface area (Å²) in [6.45, 7) is 1.86. The zero-order valence-electron chi connectivity index (χ0n) is 9.77. The van der Waals surface area contributed by atoms with Gasteiger partial charge < -0.3 is 15.2 Å². The molecule has 1 aromatic carbocycles. The van der Waals surface area contributed by atoms with Crippen molar-refractivity contribution >= 4 is 0 Å². The highest BCUT2D eigenvalue weighted by Gasteiger charge is 2.16. The van der Waals surface area contributed by atoms with E-state index in [-0.39, 0.29) is 18.0 Å². The topological polar surface area (TPSA) is 44.5 Å². The molecule has 2 unspecified atom stereocenters. The summed E-state index contributed by atoms with van der Waals surface area (Å²) in [5.74, 6) is -0.249. The highest BCUT2D eigenvalue weighted by molar-refractivity contribution is 5.19. The van der Waals surface area contributed by atoms with Gasteiger partial charge in [-0.3, -0.25) is 0 Å². The molecule has 1 aliphatic rings. The van der Waals surface area contributed by atoms with Gasteiger partial charge >= 0.3 is 0 Å². The number of halogens is 1. The molecule has 0 spiro atoms. The quantitative estimate of drug-likeness (QED) is 0.855. The minimum Gasteiger partial charge on any atom is -0.377 e. The van der Waals surface area contributed by atoms with Crippen LogP contribution in [0.5, 0.6) is 0 Å². The van der Waals surface area contributed by atoms with Gasteiger partial charge in [0.15, 0.2) is 0 Å². The van der Waals surface area contributed by atoms with Crippen LogP contribution in [-0.2, 0) is 9.47 Å². The zero-order chi connectivity index (χ0) is 12.1. The van der Waals surface area contributed by atoms with E-state index in [1.165, 1.54) is 12.1 Å². The Morgan fingerprint density at radius 3 is 2.82 bits per heavy atom. The highest BCUT2D eigenvalue weighted by atomic mass is 19.1. The van der Waals surface area contributed by atoms with Gasteiger partial charge in [-0.1, -0.05) is 12.1 Å². The maximum absolute atomic E-state index is 12.7. The molecule has 2 N–H and O–H groups in total. The normalized spacial score (nSPS) is 21.6. The van der Waals surface area contributed by atoms with E-state index in [0.717, 1.165) is 25.0 Å². The van der Waals surface area contributed by atoms with E-state index >= 15 is 0 Å². The molecule has 1 fully saturated rings. The van der Waals surface area contributed by atoms with Crippen LogP contribution in [0.4, 0.5) is 4.39 Å². The van der Waals surface area contributed by atoms with Gasteiger partial charge in [-0.15, -0.1) is 0 Å². The van der Waals surface area contributed by atoms with E-state index in [1.54, 1.807) is 12.1 Å². The van der Waals surface area contributed by atoms with Crippen LogP contribution in [0.1, 0.15) is 24.4 Å². The Bertz CT molecular complexity index is 336. The van der Waals surface area contributed by atoms with Crippen LogP contribution in [0.15, 0.2) is 24.3 Å². The summed E-state index contributed by atoms with van der Waals surface area (Å²) in [6.07, 6.45) is 2.39. The van der Waals surface area contributed by atoms with Crippen LogP contribution in [0.25, 0.3) is 0 Å². The summed E-state index contributed by atoms with van der Waals surface area (Å²) >= 11 is 0. The van der Waals surface area contributed by atoms with Crippen molar-refractivity contribution in [2.75, 3.05) is 19.8 Å². The molecule has 94 valence electrons. The second-order valence-corrected chi connectivity index (χ2v) is 4.33. The largest absolute Gasteiger partial charge is 0.377 e. The standard InChI is InChI=1S/C13H18FNO2/c14-11-5-3-10(4-6-11)13(15)9-16-8-12-2-1-7-17-12/h3-6,12-13H,1-2,7-9,15H2. The lowest BCUT2D eigenvalue weighted by molar-refractivity contribution is 0.0129. The number of hydrogen-bond donors (Lipinski definition) is 1. The van der Waals surface area contributed by atoms with Crippen molar-refractivity contribution in [3.05, 3.63) is 35.6 Å². The van der Waals surface area contributed by atoms with Crippen LogP contribution < -0.4 is 5.73 Å². The SMILES string of the molecule is NC(COCC1CCCO1)c1ccc(F)cc1. The predicted octanol–water partition coefficient (Wildman–Crippen LogP) is 2.02. The minimum atomic E-state index is -0.249. The van der Waals surface area contributed by atoms with E-state index in [9.17, 15) is 4.39 Å². The molecule has 2 rings (SSSR count). The average Bonchev–Trinajstić information content (AvgIpc) is 2.83. The molecule has 0 aliphatic carbocycles. The van der Waals surface area contributed by atoms with Gasteiger partial charge in [0.2, 0.25) is 0 Å². The fourth-order valence-corrected chi connectivity index (χ4v) is 1.91. The van der Waals surface area contributed by atoms with Crippen LogP contribution >= 0.6 is 0 Å². The molecule has 17 heavy (non-hydrogen) atoms. The maximum Gasteiger partial charge on any atom is 0.123 e. The lowest BCUT2D eigenvalue weighted by Crippen LogP contribution is -2.21. The zero-order valence-corrected chi connectivity index (χ0v) is 9.77. The Morgan fingerprint density at radius 2 is 2.18 bits per heavy atom. The molecule has 0 aromatic heterocycles. The second kappa shape index (κ2) is 6.10. The van der Waals surface area contributed by atoms with Crippen molar-refractivity contribution in [3.63, 3.8) is 0 Å². The third-order valence-corrected chi connectivity index (χ3v) is 2.92. The molecule has 1 aliphatic heterocycles. The lowest BCUT2D eigenvalue weighted by Gasteiger charge is -2.15. The van der Waals surface area contributed by atoms with E-state index in [1.807, 2.05) is 0 Å². The van der Waals surface area contributed by atoms with E-state index in [0.29, 0.717) is 13.2 Å². The molecule has 1 heterocycles. The summed E-state index contributed by atoms with van der Waals surface area (Å²) in [6, 6.07) is 5.99. The van der Waals surface area contributed by atoms with Gasteiger partial charge in [0.25, 0.3) is 0 Å². The molecule has 4 heteroatoms. The van der Waals surface area contributed by atoms with Gasteiger partial charge in [-0.05, 0) is 30.5 Å². The van der Waals surface area contributed by atoms with Crippen molar-refractivity contribution in [1.29, 1.82) is 0 Å². The maximum atomic E-state index is 12.7. The monoisotopic (exact) mass is 239 g/mol. The van der Waals surface area contributed by atoms with Crippen LogP contribution in [-0.4, -0.2) is 25.9 Å². The molecular weight excluding hydrogens is 221 g/mol. The van der Waals surface area contributed by atoms with E-state index in [4.69, 9.17) is 15.2 Å². The smallest absolute Gasteiger partial charge is 0.123 e. The first-order valence-corrected chi connectivity index (χ1v) is 5.96. The summed E-state index contributed by atoms with van der Waals surface area (Å²) in [4.78, 5) is 0. The Labute approximate surface area is 101 Å². The summed E-state index contributed by atoms with van der Waals surface area (Å²) in [5, 5.41) is 0. The molecule has 0 bridgehead atoms. The first-order chi connectivity index (χ1) is 8.25. The Morgan fingerprint density at radius 1 is 1.41 bits per heavy atom. The minimum absolute atomic E-state index is 0.211. The Hall–Kier alpha value is -0.970. The summed E-state index contributed by atoms with van der Waals surface area (Å²) in [5.41, 5.74) is 6.83. The number of benzene rings is 1. The van der Waals surface area contributed by atoms with Crippen LogP contribution in [0.2, 0.25) is 0 Å². The molecule has 0 amide bonds. The van der Waals surface area contributed by atoms with Gasteiger partial charge in [-0.2, -0.15) is 0 Å². The van der Waals surface area contributed by atoms with Crippen molar-refractivity contribution in [2.45, 2.75) is 25.0 Å². The van der Waals surface area contributed by atoms with Crippen molar-refractivity contribution in [3.8, 4) is 0 Å². The lowest BCUT2D eigenvalue weighted by atomic mass is 10.1. The van der Waals surface area contributed by atoms with Gasteiger partial charge in [-0.25, -0.2) is 4.39 Å². The second-order valence-electron chi connectivity index (χ2n) is 4.33. The number of rotatable bonds is 5. The number of ether oxygens (including phenoxy) is 2. The molecule has 1 aromatic rings. The molecule has 0 saturated carbocycles. The van der Waals surface area contributed by atoms with E-state index < -0.39 is 0 Å². The first kappa shape index (κ1) is 12.5. The highest BCUT2D eigenvalue weighted by Crippen LogP contribution is 2.14. The molecule has 1 saturated heterocycles. The van der Waals surface area contributed by atoms with Crippen molar-refractivity contribution in [2.24, 2.45) is 5.73 Å². The predicted molar refractivity (Wildman–Crippen MR) is 63.1 cm³/mol. The Balaban J connectivity index is 1.72. The van der Waals surface area contributed by atoms with Crippen LogP contribution in [0.3, 0.4) is 0 Å². The summed E-state index contributed by atoms with van der Waals surface area (Å²) in [7, 11) is 0. The molecule has 2 atom stereocenters. The summed E-state index contributed by atoms with van der Waals surface area (Å²) < 4.78 is 23.7. The molecule has 3 nitrogen and oxygen atoms in total. The molecule has 0 radical (unpaired) electrons. The van der Waals surface area contributed by atoms with E-state index in [2.05, 4.69) is 0 Å². The van der Waals surface area contributed by atoms with Crippen molar-refractivity contribution < 1.29 is 13.9 Å². The number of hydrogen-bond acceptors (Lipinski definition) is 3. The van der Waals surface area contributed by atoms with Crippen LogP contribution in [0, 0.1) is 5.82 Å². The average molecular weight is 239 g/mol.